The number of hydrogen-bond acceptors (Lipinski definition) is 5. The summed E-state index contributed by atoms with van der Waals surface area (Å²) >= 11 is 0. The predicted octanol–water partition coefficient (Wildman–Crippen LogP) is 3.04. The highest BCUT2D eigenvalue weighted by molar-refractivity contribution is 5.58. The fourth-order valence-electron chi connectivity index (χ4n) is 2.95. The Morgan fingerprint density at radius 2 is 1.90 bits per heavy atom. The van der Waals surface area contributed by atoms with Crippen LogP contribution in [-0.2, 0) is 6.42 Å². The summed E-state index contributed by atoms with van der Waals surface area (Å²) in [4.78, 5) is 11.7. The van der Waals surface area contributed by atoms with Gasteiger partial charge in [0.15, 0.2) is 0 Å². The molecule has 1 aliphatic rings. The largest absolute Gasteiger partial charge is 0.356 e. The van der Waals surface area contributed by atoms with Crippen molar-refractivity contribution in [2.45, 2.75) is 59.8 Å². The van der Waals surface area contributed by atoms with Crippen molar-refractivity contribution in [1.82, 2.24) is 9.97 Å². The third-order valence-electron chi connectivity index (χ3n) is 4.90. The van der Waals surface area contributed by atoms with Crippen molar-refractivity contribution in [1.29, 1.82) is 0 Å². The molecule has 0 atom stereocenters. The first-order chi connectivity index (χ1) is 10.0. The molecule has 1 aromatic rings. The van der Waals surface area contributed by atoms with Crippen LogP contribution in [-0.4, -0.2) is 23.1 Å². The highest BCUT2D eigenvalue weighted by atomic mass is 15.3. The summed E-state index contributed by atoms with van der Waals surface area (Å²) < 4.78 is 0. The van der Waals surface area contributed by atoms with Gasteiger partial charge in [0.25, 0.3) is 0 Å². The summed E-state index contributed by atoms with van der Waals surface area (Å²) in [5.41, 5.74) is 4.26. The molecule has 21 heavy (non-hydrogen) atoms. The van der Waals surface area contributed by atoms with E-state index in [0.717, 1.165) is 49.0 Å². The molecular formula is C16H29N5. The topological polar surface area (TPSA) is 67.1 Å². The average molecular weight is 291 g/mol. The Morgan fingerprint density at radius 1 is 1.24 bits per heavy atom. The van der Waals surface area contributed by atoms with Gasteiger partial charge in [0.1, 0.15) is 17.5 Å². The minimum atomic E-state index is 0.485. The summed E-state index contributed by atoms with van der Waals surface area (Å²) in [6, 6.07) is 0. The molecule has 3 N–H and O–H groups in total. The van der Waals surface area contributed by atoms with Crippen LogP contribution in [0.25, 0.3) is 0 Å². The van der Waals surface area contributed by atoms with E-state index in [-0.39, 0.29) is 0 Å². The molecule has 1 saturated heterocycles. The van der Waals surface area contributed by atoms with Crippen LogP contribution in [0.15, 0.2) is 0 Å². The molecular weight excluding hydrogens is 262 g/mol. The van der Waals surface area contributed by atoms with Crippen molar-refractivity contribution in [3.05, 3.63) is 11.4 Å². The summed E-state index contributed by atoms with van der Waals surface area (Å²) in [6.07, 6.45) is 5.63. The van der Waals surface area contributed by atoms with Crippen LogP contribution in [0.4, 0.5) is 11.6 Å². The number of nitrogens with zero attached hydrogens (tertiary/aromatic N) is 3. The summed E-state index contributed by atoms with van der Waals surface area (Å²) in [7, 11) is 0. The Kier molecular flexibility index (Phi) is 5.04. The van der Waals surface area contributed by atoms with Crippen molar-refractivity contribution in [3.63, 3.8) is 0 Å². The fraction of sp³-hybridized carbons (Fsp3) is 0.750. The second-order valence-corrected chi connectivity index (χ2v) is 6.48. The zero-order valence-electron chi connectivity index (χ0n) is 13.9. The van der Waals surface area contributed by atoms with Crippen LogP contribution in [0.5, 0.6) is 0 Å². The smallest absolute Gasteiger partial charge is 0.148 e. The highest BCUT2D eigenvalue weighted by Crippen LogP contribution is 2.36. The third-order valence-corrected chi connectivity index (χ3v) is 4.90. The molecule has 0 aromatic carbocycles. The van der Waals surface area contributed by atoms with Gasteiger partial charge in [0.05, 0.1) is 0 Å². The normalized spacial score (nSPS) is 17.9. The van der Waals surface area contributed by atoms with Crippen LogP contribution in [0.2, 0.25) is 0 Å². The lowest BCUT2D eigenvalue weighted by Crippen LogP contribution is -2.39. The van der Waals surface area contributed by atoms with Crippen LogP contribution in [0.3, 0.4) is 0 Å². The number of nitrogens with two attached hydrogens (primary N) is 1. The van der Waals surface area contributed by atoms with E-state index in [1.165, 1.54) is 19.3 Å². The van der Waals surface area contributed by atoms with Gasteiger partial charge in [-0.3, -0.25) is 0 Å². The molecule has 2 heterocycles. The van der Waals surface area contributed by atoms with Crippen molar-refractivity contribution in [3.8, 4) is 0 Å². The van der Waals surface area contributed by atoms with Gasteiger partial charge in [-0.25, -0.2) is 15.8 Å². The number of aromatic nitrogens is 2. The minimum Gasteiger partial charge on any atom is -0.356 e. The van der Waals surface area contributed by atoms with E-state index in [1.807, 2.05) is 6.92 Å². The molecule has 0 aliphatic carbocycles. The van der Waals surface area contributed by atoms with E-state index in [4.69, 9.17) is 10.8 Å². The number of piperidine rings is 1. The van der Waals surface area contributed by atoms with E-state index in [0.29, 0.717) is 5.41 Å². The van der Waals surface area contributed by atoms with E-state index in [2.05, 4.69) is 36.1 Å². The molecule has 0 radical (unpaired) electrons. The molecule has 0 saturated carbocycles. The third kappa shape index (κ3) is 3.46. The quantitative estimate of drug-likeness (QED) is 0.645. The van der Waals surface area contributed by atoms with Crippen molar-refractivity contribution in [2.24, 2.45) is 11.3 Å². The van der Waals surface area contributed by atoms with Crippen molar-refractivity contribution in [2.75, 3.05) is 23.4 Å². The van der Waals surface area contributed by atoms with Gasteiger partial charge in [0.2, 0.25) is 0 Å². The van der Waals surface area contributed by atoms with Crippen LogP contribution < -0.4 is 16.2 Å². The summed E-state index contributed by atoms with van der Waals surface area (Å²) in [5, 5.41) is 0. The van der Waals surface area contributed by atoms with Gasteiger partial charge in [-0.1, -0.05) is 27.2 Å². The number of hydrogen-bond donors (Lipinski definition) is 2. The van der Waals surface area contributed by atoms with Gasteiger partial charge in [-0.2, -0.15) is 0 Å². The van der Waals surface area contributed by atoms with Crippen LogP contribution >= 0.6 is 0 Å². The summed E-state index contributed by atoms with van der Waals surface area (Å²) in [6.45, 7) is 11.0. The number of rotatable bonds is 5. The molecule has 5 heteroatoms. The van der Waals surface area contributed by atoms with E-state index < -0.39 is 0 Å². The average Bonchev–Trinajstić information content (AvgIpc) is 2.50. The number of aryl methyl sites for hydroxylation is 1. The predicted molar refractivity (Wildman–Crippen MR) is 88.4 cm³/mol. The van der Waals surface area contributed by atoms with E-state index in [1.54, 1.807) is 0 Å². The molecule has 118 valence electrons. The molecule has 0 amide bonds. The first kappa shape index (κ1) is 16.0. The Bertz CT molecular complexity index is 478. The molecule has 1 aromatic heterocycles. The fourth-order valence-corrected chi connectivity index (χ4v) is 2.95. The molecule has 2 rings (SSSR count). The molecule has 1 aliphatic heterocycles. The Balaban J connectivity index is 2.25. The number of hydrazine groups is 1. The zero-order valence-corrected chi connectivity index (χ0v) is 13.9. The highest BCUT2D eigenvalue weighted by Gasteiger charge is 2.29. The Hall–Kier alpha value is -1.36. The molecule has 0 spiro atoms. The Labute approximate surface area is 128 Å². The van der Waals surface area contributed by atoms with Crippen LogP contribution in [0, 0.1) is 12.3 Å². The van der Waals surface area contributed by atoms with Gasteiger partial charge in [0, 0.05) is 25.1 Å². The molecule has 0 unspecified atom stereocenters. The molecule has 1 fully saturated rings. The monoisotopic (exact) mass is 291 g/mol. The SMILES string of the molecule is CCCc1nc(NN)c(C)c(N2CCC(C)(CC)CC2)n1. The maximum Gasteiger partial charge on any atom is 0.148 e. The van der Waals surface area contributed by atoms with E-state index >= 15 is 0 Å². The second-order valence-electron chi connectivity index (χ2n) is 6.48. The zero-order chi connectivity index (χ0) is 15.5. The molecule has 0 bridgehead atoms. The van der Waals surface area contributed by atoms with Gasteiger partial charge >= 0.3 is 0 Å². The van der Waals surface area contributed by atoms with Gasteiger partial charge in [-0.15, -0.1) is 0 Å². The maximum absolute atomic E-state index is 5.62. The summed E-state index contributed by atoms with van der Waals surface area (Å²) in [5.74, 6) is 8.32. The first-order valence-electron chi connectivity index (χ1n) is 8.12. The minimum absolute atomic E-state index is 0.485. The first-order valence-corrected chi connectivity index (χ1v) is 8.12. The Morgan fingerprint density at radius 3 is 2.43 bits per heavy atom. The van der Waals surface area contributed by atoms with Gasteiger partial charge < -0.3 is 10.3 Å². The number of anilines is 2. The lowest BCUT2D eigenvalue weighted by atomic mass is 9.78. The standard InChI is InChI=1S/C16H29N5/c1-5-7-13-18-14(20-17)12(3)15(19-13)21-10-8-16(4,6-2)9-11-21/h5-11,17H2,1-4H3,(H,18,19,20). The van der Waals surface area contributed by atoms with Crippen molar-refractivity contribution < 1.29 is 0 Å². The second kappa shape index (κ2) is 6.60. The lowest BCUT2D eigenvalue weighted by Gasteiger charge is -2.40. The number of nitrogen functional groups attached to an aromatic ring is 1. The number of nitrogens with one attached hydrogen (secondary N) is 1. The van der Waals surface area contributed by atoms with Crippen molar-refractivity contribution >= 4 is 11.6 Å². The lowest BCUT2D eigenvalue weighted by molar-refractivity contribution is 0.237. The van der Waals surface area contributed by atoms with E-state index in [9.17, 15) is 0 Å². The van der Waals surface area contributed by atoms with Gasteiger partial charge in [-0.05, 0) is 31.6 Å². The van der Waals surface area contributed by atoms with Crippen LogP contribution in [0.1, 0.15) is 57.8 Å². The maximum atomic E-state index is 5.62. The molecule has 5 nitrogen and oxygen atoms in total.